The Morgan fingerprint density at radius 2 is 1.13 bits per heavy atom. The summed E-state index contributed by atoms with van der Waals surface area (Å²) in [5.74, 6) is -8.33. The van der Waals surface area contributed by atoms with Crippen molar-refractivity contribution in [1.29, 1.82) is 0 Å². The van der Waals surface area contributed by atoms with Crippen LogP contribution in [0.2, 0.25) is 0 Å². The molecule has 2 atom stereocenters. The number of carbonyl (C=O) groups excluding carboxylic acids is 6. The van der Waals surface area contributed by atoms with Crippen LogP contribution in [0.1, 0.15) is 71.6 Å². The molecule has 294 valence electrons. The van der Waals surface area contributed by atoms with Crippen LogP contribution >= 0.6 is 0 Å². The van der Waals surface area contributed by atoms with Gasteiger partial charge in [0.1, 0.15) is 29.1 Å². The zero-order chi connectivity index (χ0) is 40.0. The summed E-state index contributed by atoms with van der Waals surface area (Å²) in [6, 6.07) is 0. The molecule has 55 heavy (non-hydrogen) atoms. The molecule has 2 unspecified atom stereocenters. The standard InChI is InChI=1S/C41H46O14/c1-5-39(25-51-4)21-32(44)27(33(45)22-39)14-9-7-11-16-29-36(48)54-41(55-37(29)49)18-12-17-40(23-41)52-34(46)28(35(47)53-40)15-10-6-8-13-26-30(42)19-38(2,24-50-3)20-31(26)43/h6-7,10-11,13-16,19,21,42,44H,5,8-9,12,17-18,20,22-25H2,1-4H3. The van der Waals surface area contributed by atoms with Gasteiger partial charge >= 0.3 is 23.9 Å². The van der Waals surface area contributed by atoms with E-state index in [0.717, 1.165) is 0 Å². The van der Waals surface area contributed by atoms with Crippen molar-refractivity contribution in [3.8, 4) is 0 Å². The van der Waals surface area contributed by atoms with E-state index in [1.165, 1.54) is 44.6 Å². The molecule has 2 heterocycles. The molecule has 2 N–H and O–H groups in total. The Balaban J connectivity index is 1.18. The van der Waals surface area contributed by atoms with Gasteiger partial charge in [-0.05, 0) is 50.0 Å². The molecule has 0 aromatic carbocycles. The fourth-order valence-electron chi connectivity index (χ4n) is 7.41. The first-order valence-electron chi connectivity index (χ1n) is 18.1. The van der Waals surface area contributed by atoms with Gasteiger partial charge in [-0.15, -0.1) is 0 Å². The SMILES string of the molecule is CCC1(COC)C=C(O)C(=CCC=CC=C2C(=O)OC3(CCCC4(C3)OC(=O)C(=CC=CCC=C3C(=O)CC(C)(COC)C=C3O)C(=O)O4)OC2=O)C(=O)C1. The van der Waals surface area contributed by atoms with Crippen molar-refractivity contribution >= 4 is 35.4 Å². The molecule has 5 rings (SSSR count). The third kappa shape index (κ3) is 9.14. The van der Waals surface area contributed by atoms with E-state index in [9.17, 15) is 39.0 Å². The summed E-state index contributed by atoms with van der Waals surface area (Å²) in [6.07, 6.45) is 16.1. The second kappa shape index (κ2) is 16.6. The number of Topliss-reactive ketones (excluding diaryl/α,β-unsaturated/α-hetero) is 2. The molecule has 0 amide bonds. The zero-order valence-electron chi connectivity index (χ0n) is 31.3. The second-order valence-corrected chi connectivity index (χ2v) is 14.6. The van der Waals surface area contributed by atoms with Crippen LogP contribution in [0.4, 0.5) is 0 Å². The van der Waals surface area contributed by atoms with Gasteiger partial charge in [0.15, 0.2) is 11.6 Å². The highest BCUT2D eigenvalue weighted by molar-refractivity contribution is 6.16. The molecule has 0 bridgehead atoms. The molecule has 14 nitrogen and oxygen atoms in total. The summed E-state index contributed by atoms with van der Waals surface area (Å²) < 4.78 is 32.7. The van der Waals surface area contributed by atoms with E-state index in [4.69, 9.17) is 28.4 Å². The molecule has 3 aliphatic carbocycles. The lowest BCUT2D eigenvalue weighted by atomic mass is 9.74. The van der Waals surface area contributed by atoms with Crippen LogP contribution in [0.25, 0.3) is 0 Å². The van der Waals surface area contributed by atoms with Crippen molar-refractivity contribution in [1.82, 2.24) is 0 Å². The number of esters is 4. The van der Waals surface area contributed by atoms with Crippen molar-refractivity contribution in [3.63, 3.8) is 0 Å². The predicted molar refractivity (Wildman–Crippen MR) is 193 cm³/mol. The first kappa shape index (κ1) is 40.8. The lowest BCUT2D eigenvalue weighted by Gasteiger charge is -2.47. The number of ether oxygens (including phenoxy) is 6. The summed E-state index contributed by atoms with van der Waals surface area (Å²) in [6.45, 7) is 4.31. The molecule has 3 fully saturated rings. The van der Waals surface area contributed by atoms with Crippen LogP contribution in [0.3, 0.4) is 0 Å². The van der Waals surface area contributed by atoms with E-state index < -0.39 is 63.8 Å². The second-order valence-electron chi connectivity index (χ2n) is 14.6. The van der Waals surface area contributed by atoms with Gasteiger partial charge in [-0.25, -0.2) is 19.2 Å². The normalized spacial score (nSPS) is 31.6. The van der Waals surface area contributed by atoms with Crippen LogP contribution in [0.15, 0.2) is 94.6 Å². The molecule has 1 saturated carbocycles. The number of rotatable bonds is 11. The van der Waals surface area contributed by atoms with Gasteiger partial charge < -0.3 is 38.6 Å². The van der Waals surface area contributed by atoms with Gasteiger partial charge in [0.25, 0.3) is 11.6 Å². The summed E-state index contributed by atoms with van der Waals surface area (Å²) in [4.78, 5) is 77.4. The maximum absolute atomic E-state index is 13.0. The van der Waals surface area contributed by atoms with Gasteiger partial charge in [0.05, 0.1) is 24.4 Å². The number of carbonyl (C=O) groups is 6. The van der Waals surface area contributed by atoms with Gasteiger partial charge in [0, 0.05) is 50.7 Å². The first-order chi connectivity index (χ1) is 26.1. The lowest BCUT2D eigenvalue weighted by molar-refractivity contribution is -0.306. The number of methoxy groups -OCH3 is 2. The molecule has 5 aliphatic rings. The molecular formula is C41H46O14. The van der Waals surface area contributed by atoms with E-state index in [1.807, 2.05) is 13.8 Å². The Labute approximate surface area is 318 Å². The molecule has 2 spiro atoms. The number of aliphatic hydroxyl groups is 2. The van der Waals surface area contributed by atoms with Gasteiger partial charge in [-0.3, -0.25) is 9.59 Å². The maximum Gasteiger partial charge on any atom is 0.348 e. The largest absolute Gasteiger partial charge is 0.508 e. The topological polar surface area (TPSA) is 198 Å². The van der Waals surface area contributed by atoms with E-state index in [2.05, 4.69) is 0 Å². The Morgan fingerprint density at radius 1 is 0.673 bits per heavy atom. The fourth-order valence-corrected chi connectivity index (χ4v) is 7.41. The Kier molecular flexibility index (Phi) is 12.3. The summed E-state index contributed by atoms with van der Waals surface area (Å²) in [7, 11) is 3.06. The van der Waals surface area contributed by atoms with Crippen LogP contribution < -0.4 is 0 Å². The molecular weight excluding hydrogens is 716 g/mol. The van der Waals surface area contributed by atoms with E-state index in [1.54, 1.807) is 30.4 Å². The van der Waals surface area contributed by atoms with Crippen LogP contribution in [-0.4, -0.2) is 84.7 Å². The highest BCUT2D eigenvalue weighted by atomic mass is 16.8. The molecule has 0 aromatic heterocycles. The Morgan fingerprint density at radius 3 is 1.55 bits per heavy atom. The Bertz CT molecular complexity index is 1840. The zero-order valence-corrected chi connectivity index (χ0v) is 31.3. The molecule has 2 aliphatic heterocycles. The summed E-state index contributed by atoms with van der Waals surface area (Å²) >= 11 is 0. The van der Waals surface area contributed by atoms with Gasteiger partial charge in [0.2, 0.25) is 0 Å². The minimum absolute atomic E-state index is 0.0759. The third-order valence-electron chi connectivity index (χ3n) is 10.1. The molecule has 14 heteroatoms. The van der Waals surface area contributed by atoms with Crippen molar-refractivity contribution in [3.05, 3.63) is 94.6 Å². The Hall–Kier alpha value is -5.34. The van der Waals surface area contributed by atoms with Crippen LogP contribution in [0.5, 0.6) is 0 Å². The molecule has 0 aromatic rings. The van der Waals surface area contributed by atoms with Crippen molar-refractivity contribution in [2.45, 2.75) is 83.2 Å². The first-order valence-corrected chi connectivity index (χ1v) is 18.1. The fraction of sp³-hybridized carbons (Fsp3) is 0.463. The number of ketones is 2. The van der Waals surface area contributed by atoms with E-state index >= 15 is 0 Å². The van der Waals surface area contributed by atoms with E-state index in [0.29, 0.717) is 13.0 Å². The highest BCUT2D eigenvalue weighted by Crippen LogP contribution is 2.46. The van der Waals surface area contributed by atoms with E-state index in [-0.39, 0.29) is 85.8 Å². The van der Waals surface area contributed by atoms with Crippen molar-refractivity contribution < 1.29 is 67.4 Å². The average Bonchev–Trinajstić information content (AvgIpc) is 3.08. The minimum Gasteiger partial charge on any atom is -0.508 e. The van der Waals surface area contributed by atoms with Crippen molar-refractivity contribution in [2.75, 3.05) is 27.4 Å². The highest BCUT2D eigenvalue weighted by Gasteiger charge is 2.59. The molecule has 2 saturated heterocycles. The number of hydrogen-bond acceptors (Lipinski definition) is 14. The average molecular weight is 763 g/mol. The number of allylic oxidation sites excluding steroid dienone is 10. The van der Waals surface area contributed by atoms with Gasteiger partial charge in [-0.2, -0.15) is 0 Å². The van der Waals surface area contributed by atoms with Crippen molar-refractivity contribution in [2.24, 2.45) is 10.8 Å². The quantitative estimate of drug-likeness (QED) is 0.157. The molecule has 0 radical (unpaired) electrons. The minimum atomic E-state index is -1.84. The lowest BCUT2D eigenvalue weighted by Crippen LogP contribution is -2.58. The monoisotopic (exact) mass is 762 g/mol. The number of hydrogen-bond donors (Lipinski definition) is 2. The smallest absolute Gasteiger partial charge is 0.348 e. The summed E-state index contributed by atoms with van der Waals surface area (Å²) in [5, 5.41) is 20.9. The maximum atomic E-state index is 13.0. The van der Waals surface area contributed by atoms with Crippen LogP contribution in [-0.2, 0) is 57.2 Å². The predicted octanol–water partition coefficient (Wildman–Crippen LogP) is 5.28. The summed E-state index contributed by atoms with van der Waals surface area (Å²) in [5.41, 5.74) is -1.63. The number of aliphatic hydroxyl groups excluding tert-OH is 2. The van der Waals surface area contributed by atoms with Crippen LogP contribution in [0, 0.1) is 10.8 Å². The third-order valence-corrected chi connectivity index (χ3v) is 10.1. The van der Waals surface area contributed by atoms with Gasteiger partial charge in [-0.1, -0.05) is 50.3 Å².